The van der Waals surface area contributed by atoms with Crippen molar-refractivity contribution in [2.24, 2.45) is 0 Å². The first-order chi connectivity index (χ1) is 13.0. The zero-order chi connectivity index (χ0) is 19.2. The average molecular weight is 421 g/mol. The van der Waals surface area contributed by atoms with E-state index in [4.69, 9.17) is 16.7 Å². The Balaban J connectivity index is 0.00000280. The van der Waals surface area contributed by atoms with Gasteiger partial charge in [0.15, 0.2) is 0 Å². The number of carboxylic acid groups (broad SMARTS) is 1. The van der Waals surface area contributed by atoms with Gasteiger partial charge in [0.1, 0.15) is 0 Å². The lowest BCUT2D eigenvalue weighted by atomic mass is 10.0. The quantitative estimate of drug-likeness (QED) is 0.645. The van der Waals surface area contributed by atoms with Crippen molar-refractivity contribution in [3.8, 4) is 0 Å². The molecule has 0 fully saturated rings. The predicted molar refractivity (Wildman–Crippen MR) is 118 cm³/mol. The molecule has 0 aromatic heterocycles. The fourth-order valence-electron chi connectivity index (χ4n) is 3.51. The summed E-state index contributed by atoms with van der Waals surface area (Å²) < 4.78 is 0. The molecule has 6 heteroatoms. The first-order valence-corrected chi connectivity index (χ1v) is 9.62. The topological polar surface area (TPSA) is 43.8 Å². The lowest BCUT2D eigenvalue weighted by Crippen LogP contribution is -2.29. The van der Waals surface area contributed by atoms with E-state index in [9.17, 15) is 4.79 Å². The predicted octanol–water partition coefficient (Wildman–Crippen LogP) is 4.77. The Morgan fingerprint density at radius 3 is 2.86 bits per heavy atom. The summed E-state index contributed by atoms with van der Waals surface area (Å²) in [5, 5.41) is 9.48. The van der Waals surface area contributed by atoms with E-state index in [0.717, 1.165) is 37.4 Å². The van der Waals surface area contributed by atoms with Crippen LogP contribution in [0.2, 0.25) is 0 Å². The first kappa shape index (κ1) is 22.3. The number of fused-ring (bicyclic) bond motifs is 2. The molecule has 0 amide bonds. The van der Waals surface area contributed by atoms with Gasteiger partial charge in [-0.15, -0.1) is 12.4 Å². The molecule has 0 atom stereocenters. The van der Waals surface area contributed by atoms with Gasteiger partial charge in [-0.1, -0.05) is 48.0 Å². The highest BCUT2D eigenvalue weighted by atomic mass is 35.5. The third kappa shape index (κ3) is 5.74. The number of anilines is 1. The van der Waals surface area contributed by atoms with E-state index >= 15 is 0 Å². The van der Waals surface area contributed by atoms with Crippen molar-refractivity contribution in [2.75, 3.05) is 31.6 Å². The van der Waals surface area contributed by atoms with Gasteiger partial charge in [0.2, 0.25) is 0 Å². The molecule has 2 aliphatic rings. The van der Waals surface area contributed by atoms with Crippen LogP contribution in [0, 0.1) is 0 Å². The SMILES string of the molecule is CN(C/C=C/C(=O)O)CCCN1C2=CC(Cl)=CCC2=CCc2ccccc21.Cl. The Labute approximate surface area is 177 Å². The van der Waals surface area contributed by atoms with Crippen molar-refractivity contribution in [1.82, 2.24) is 4.90 Å². The van der Waals surface area contributed by atoms with Gasteiger partial charge < -0.3 is 14.9 Å². The monoisotopic (exact) mass is 420 g/mol. The van der Waals surface area contributed by atoms with Gasteiger partial charge >= 0.3 is 5.97 Å². The van der Waals surface area contributed by atoms with Crippen molar-refractivity contribution in [3.63, 3.8) is 0 Å². The molecule has 0 spiro atoms. The maximum atomic E-state index is 10.6. The molecule has 0 unspecified atom stereocenters. The summed E-state index contributed by atoms with van der Waals surface area (Å²) in [6.07, 6.45) is 12.1. The van der Waals surface area contributed by atoms with Crippen LogP contribution in [0.1, 0.15) is 18.4 Å². The molecule has 1 aromatic carbocycles. The number of halogens is 2. The Bertz CT molecular complexity index is 828. The van der Waals surface area contributed by atoms with Gasteiger partial charge in [0, 0.05) is 35.6 Å². The summed E-state index contributed by atoms with van der Waals surface area (Å²) in [6, 6.07) is 8.54. The second-order valence-corrected chi connectivity index (χ2v) is 7.33. The van der Waals surface area contributed by atoms with Gasteiger partial charge in [-0.2, -0.15) is 0 Å². The fraction of sp³-hybridized carbons (Fsp3) is 0.318. The molecule has 0 radical (unpaired) electrons. The van der Waals surface area contributed by atoms with E-state index in [1.807, 2.05) is 7.05 Å². The number of likely N-dealkylation sites (N-methyl/N-ethyl adjacent to an activating group) is 1. The van der Waals surface area contributed by atoms with Gasteiger partial charge in [-0.25, -0.2) is 4.79 Å². The molecule has 1 aliphatic carbocycles. The minimum atomic E-state index is -0.905. The molecule has 4 nitrogen and oxygen atoms in total. The molecule has 28 heavy (non-hydrogen) atoms. The Morgan fingerprint density at radius 2 is 2.07 bits per heavy atom. The largest absolute Gasteiger partial charge is 0.478 e. The third-order valence-corrected chi connectivity index (χ3v) is 5.12. The third-order valence-electron chi connectivity index (χ3n) is 4.86. The number of aliphatic carboxylic acids is 1. The summed E-state index contributed by atoms with van der Waals surface area (Å²) in [7, 11) is 2.01. The second-order valence-electron chi connectivity index (χ2n) is 6.89. The summed E-state index contributed by atoms with van der Waals surface area (Å²) in [5.74, 6) is -0.905. The molecular formula is C22H26Cl2N2O2. The van der Waals surface area contributed by atoms with Crippen molar-refractivity contribution < 1.29 is 9.90 Å². The van der Waals surface area contributed by atoms with Gasteiger partial charge in [0.25, 0.3) is 0 Å². The molecular weight excluding hydrogens is 395 g/mol. The lowest BCUT2D eigenvalue weighted by molar-refractivity contribution is -0.131. The Kier molecular flexibility index (Phi) is 8.36. The van der Waals surface area contributed by atoms with E-state index < -0.39 is 5.97 Å². The normalized spacial score (nSPS) is 15.8. The number of hydrogen-bond donors (Lipinski definition) is 1. The van der Waals surface area contributed by atoms with Crippen LogP contribution in [0.15, 0.2) is 70.9 Å². The van der Waals surface area contributed by atoms with Gasteiger partial charge in [-0.3, -0.25) is 0 Å². The fourth-order valence-corrected chi connectivity index (χ4v) is 3.69. The number of benzene rings is 1. The summed E-state index contributed by atoms with van der Waals surface area (Å²) in [5.41, 5.74) is 5.10. The minimum Gasteiger partial charge on any atom is -0.478 e. The molecule has 3 rings (SSSR count). The highest BCUT2D eigenvalue weighted by Gasteiger charge is 2.23. The maximum Gasteiger partial charge on any atom is 0.328 e. The van der Waals surface area contributed by atoms with Gasteiger partial charge in [-0.05, 0) is 56.1 Å². The lowest BCUT2D eigenvalue weighted by Gasteiger charge is -2.31. The number of para-hydroxylation sites is 1. The van der Waals surface area contributed by atoms with Crippen LogP contribution in [-0.4, -0.2) is 42.7 Å². The Hall–Kier alpha value is -2.01. The van der Waals surface area contributed by atoms with E-state index in [1.165, 1.54) is 28.6 Å². The standard InChI is InChI=1S/C22H25ClN2O2.ClH/c1-24(13-4-8-22(26)27)14-5-15-25-20-7-3-2-6-17(20)9-10-18-11-12-19(23)16-21(18)25;/h2-4,6-8,10,12,16H,5,9,11,13-15H2,1H3,(H,26,27);1H/b8-4+;. The smallest absolute Gasteiger partial charge is 0.328 e. The number of carbonyl (C=O) groups is 1. The van der Waals surface area contributed by atoms with Crippen LogP contribution < -0.4 is 4.90 Å². The molecule has 1 aromatic rings. The summed E-state index contributed by atoms with van der Waals surface area (Å²) in [4.78, 5) is 15.1. The first-order valence-electron chi connectivity index (χ1n) is 9.25. The van der Waals surface area contributed by atoms with Crippen LogP contribution in [-0.2, 0) is 11.2 Å². The maximum absolute atomic E-state index is 10.6. The van der Waals surface area contributed by atoms with Crippen molar-refractivity contribution >= 4 is 35.7 Å². The van der Waals surface area contributed by atoms with Crippen molar-refractivity contribution in [2.45, 2.75) is 19.3 Å². The number of rotatable bonds is 7. The number of nitrogens with zero attached hydrogens (tertiary/aromatic N) is 2. The summed E-state index contributed by atoms with van der Waals surface area (Å²) in [6.45, 7) is 2.40. The van der Waals surface area contributed by atoms with Crippen LogP contribution in [0.4, 0.5) is 5.69 Å². The van der Waals surface area contributed by atoms with Crippen molar-refractivity contribution in [3.05, 3.63) is 76.5 Å². The molecule has 1 heterocycles. The molecule has 150 valence electrons. The minimum absolute atomic E-state index is 0. The van der Waals surface area contributed by atoms with E-state index in [1.54, 1.807) is 6.08 Å². The van der Waals surface area contributed by atoms with Crippen LogP contribution in [0.5, 0.6) is 0 Å². The number of allylic oxidation sites excluding steroid dienone is 5. The number of carboxylic acids is 1. The van der Waals surface area contributed by atoms with Crippen molar-refractivity contribution in [1.29, 1.82) is 0 Å². The zero-order valence-corrected chi connectivity index (χ0v) is 17.5. The zero-order valence-electron chi connectivity index (χ0n) is 16.0. The van der Waals surface area contributed by atoms with Crippen LogP contribution in [0.3, 0.4) is 0 Å². The average Bonchev–Trinajstić information content (AvgIpc) is 2.79. The van der Waals surface area contributed by atoms with Gasteiger partial charge in [0.05, 0.1) is 0 Å². The van der Waals surface area contributed by atoms with E-state index in [2.05, 4.69) is 52.3 Å². The second kappa shape index (κ2) is 10.5. The van der Waals surface area contributed by atoms with Crippen LogP contribution >= 0.6 is 24.0 Å². The number of hydrogen-bond acceptors (Lipinski definition) is 3. The Morgan fingerprint density at radius 1 is 1.29 bits per heavy atom. The molecule has 0 bridgehead atoms. The highest BCUT2D eigenvalue weighted by Crippen LogP contribution is 2.36. The molecule has 0 saturated carbocycles. The molecule has 0 saturated heterocycles. The van der Waals surface area contributed by atoms with E-state index in [0.29, 0.717) is 6.54 Å². The van der Waals surface area contributed by atoms with Crippen LogP contribution in [0.25, 0.3) is 0 Å². The summed E-state index contributed by atoms with van der Waals surface area (Å²) >= 11 is 6.32. The van der Waals surface area contributed by atoms with E-state index in [-0.39, 0.29) is 12.4 Å². The molecule has 1 aliphatic heterocycles. The molecule has 1 N–H and O–H groups in total. The highest BCUT2D eigenvalue weighted by molar-refractivity contribution is 6.31.